The third kappa shape index (κ3) is 4.24. The number of para-hydroxylation sites is 1. The maximum absolute atomic E-state index is 12.4. The molecule has 0 spiro atoms. The molecular weight excluding hydrogens is 318 g/mol. The van der Waals surface area contributed by atoms with Crippen LogP contribution in [0.1, 0.15) is 43.0 Å². The van der Waals surface area contributed by atoms with E-state index in [4.69, 9.17) is 4.74 Å². The lowest BCUT2D eigenvalue weighted by Gasteiger charge is -2.37. The zero-order valence-corrected chi connectivity index (χ0v) is 14.9. The first kappa shape index (κ1) is 17.6. The fourth-order valence-corrected chi connectivity index (χ4v) is 3.62. The number of benzene rings is 1. The number of hydrogen-bond acceptors (Lipinski definition) is 4. The highest BCUT2D eigenvalue weighted by molar-refractivity contribution is 5.96. The maximum Gasteiger partial charge on any atom is 0.340 e. The zero-order valence-electron chi connectivity index (χ0n) is 14.9. The molecule has 1 saturated heterocycles. The number of anilines is 1. The van der Waals surface area contributed by atoms with Crippen molar-refractivity contribution in [3.05, 3.63) is 29.8 Å². The Morgan fingerprint density at radius 1 is 1.12 bits per heavy atom. The topological polar surface area (TPSA) is 61.9 Å². The van der Waals surface area contributed by atoms with Crippen molar-refractivity contribution < 1.29 is 14.3 Å². The molecule has 0 unspecified atom stereocenters. The lowest BCUT2D eigenvalue weighted by atomic mass is 10.1. The van der Waals surface area contributed by atoms with Crippen LogP contribution < -0.4 is 10.2 Å². The van der Waals surface area contributed by atoms with Crippen LogP contribution in [0.25, 0.3) is 0 Å². The molecule has 1 aliphatic heterocycles. The maximum atomic E-state index is 12.4. The minimum atomic E-state index is -0.292. The summed E-state index contributed by atoms with van der Waals surface area (Å²) >= 11 is 0. The molecule has 1 N–H and O–H groups in total. The third-order valence-corrected chi connectivity index (χ3v) is 4.99. The molecule has 0 atom stereocenters. The number of carbonyl (C=O) groups excluding carboxylic acids is 2. The quantitative estimate of drug-likeness (QED) is 0.852. The fourth-order valence-electron chi connectivity index (χ4n) is 3.62. The summed E-state index contributed by atoms with van der Waals surface area (Å²) in [6, 6.07) is 7.91. The van der Waals surface area contributed by atoms with E-state index in [1.54, 1.807) is 6.07 Å². The number of nitrogens with zero attached hydrogens (tertiary/aromatic N) is 2. The predicted octanol–water partition coefficient (Wildman–Crippen LogP) is 2.64. The Balaban J connectivity index is 1.59. The second-order valence-corrected chi connectivity index (χ2v) is 6.64. The van der Waals surface area contributed by atoms with Gasteiger partial charge < -0.3 is 19.9 Å². The number of rotatable bonds is 4. The van der Waals surface area contributed by atoms with E-state index in [9.17, 15) is 9.59 Å². The number of hydrogen-bond donors (Lipinski definition) is 1. The lowest BCUT2D eigenvalue weighted by Crippen LogP contribution is -2.53. The average molecular weight is 345 g/mol. The van der Waals surface area contributed by atoms with E-state index in [2.05, 4.69) is 10.2 Å². The van der Waals surface area contributed by atoms with Crippen LogP contribution in [0.5, 0.6) is 0 Å². The molecule has 0 aromatic heterocycles. The third-order valence-electron chi connectivity index (χ3n) is 4.99. The van der Waals surface area contributed by atoms with Crippen LogP contribution in [0, 0.1) is 0 Å². The summed E-state index contributed by atoms with van der Waals surface area (Å²) in [6.45, 7) is 4.93. The molecule has 1 heterocycles. The van der Waals surface area contributed by atoms with Crippen LogP contribution in [0.15, 0.2) is 24.3 Å². The Kier molecular flexibility index (Phi) is 5.79. The fraction of sp³-hybridized carbons (Fsp3) is 0.579. The largest absolute Gasteiger partial charge is 0.462 e. The normalized spacial score (nSPS) is 18.3. The van der Waals surface area contributed by atoms with Crippen molar-refractivity contribution in [2.45, 2.75) is 38.6 Å². The minimum absolute atomic E-state index is 0.0465. The highest BCUT2D eigenvalue weighted by atomic mass is 16.5. The molecule has 1 aromatic carbocycles. The average Bonchev–Trinajstić information content (AvgIpc) is 3.15. The molecule has 2 aliphatic rings. The van der Waals surface area contributed by atoms with E-state index in [0.717, 1.165) is 18.5 Å². The van der Waals surface area contributed by atoms with Crippen molar-refractivity contribution in [1.29, 1.82) is 0 Å². The van der Waals surface area contributed by atoms with Gasteiger partial charge in [-0.05, 0) is 31.9 Å². The Labute approximate surface area is 149 Å². The lowest BCUT2D eigenvalue weighted by molar-refractivity contribution is 0.0527. The van der Waals surface area contributed by atoms with Crippen LogP contribution in [-0.2, 0) is 4.74 Å². The van der Waals surface area contributed by atoms with Gasteiger partial charge in [-0.25, -0.2) is 9.59 Å². The van der Waals surface area contributed by atoms with Gasteiger partial charge in [0.1, 0.15) is 0 Å². The second-order valence-electron chi connectivity index (χ2n) is 6.64. The van der Waals surface area contributed by atoms with Crippen LogP contribution in [0.4, 0.5) is 10.5 Å². The van der Waals surface area contributed by atoms with Crippen molar-refractivity contribution in [1.82, 2.24) is 10.2 Å². The molecule has 6 nitrogen and oxygen atoms in total. The molecule has 136 valence electrons. The number of nitrogens with one attached hydrogen (secondary N) is 1. The number of esters is 1. The van der Waals surface area contributed by atoms with Gasteiger partial charge in [0.05, 0.1) is 17.9 Å². The summed E-state index contributed by atoms with van der Waals surface area (Å²) in [5.41, 5.74) is 1.48. The molecule has 0 bridgehead atoms. The van der Waals surface area contributed by atoms with E-state index in [-0.39, 0.29) is 12.0 Å². The molecule has 3 rings (SSSR count). The van der Waals surface area contributed by atoms with Crippen molar-refractivity contribution >= 4 is 17.7 Å². The number of amides is 2. The zero-order chi connectivity index (χ0) is 17.6. The minimum Gasteiger partial charge on any atom is -0.462 e. The highest BCUT2D eigenvalue weighted by Crippen LogP contribution is 2.23. The van der Waals surface area contributed by atoms with Crippen LogP contribution >= 0.6 is 0 Å². The predicted molar refractivity (Wildman–Crippen MR) is 97.0 cm³/mol. The highest BCUT2D eigenvalue weighted by Gasteiger charge is 2.26. The Hall–Kier alpha value is -2.24. The first-order chi connectivity index (χ1) is 12.2. The number of carbonyl (C=O) groups is 2. The Morgan fingerprint density at radius 2 is 1.80 bits per heavy atom. The summed E-state index contributed by atoms with van der Waals surface area (Å²) < 4.78 is 5.15. The summed E-state index contributed by atoms with van der Waals surface area (Å²) in [5, 5.41) is 3.14. The van der Waals surface area contributed by atoms with Crippen LogP contribution in [0.3, 0.4) is 0 Å². The smallest absolute Gasteiger partial charge is 0.340 e. The molecule has 25 heavy (non-hydrogen) atoms. The van der Waals surface area contributed by atoms with Gasteiger partial charge in [0, 0.05) is 32.2 Å². The monoisotopic (exact) mass is 345 g/mol. The summed E-state index contributed by atoms with van der Waals surface area (Å²) in [6.07, 6.45) is 4.62. The SMILES string of the molecule is CCOC(=O)c1ccccc1N1CCN(C(=O)NC2CCCC2)CC1. The summed E-state index contributed by atoms with van der Waals surface area (Å²) in [7, 11) is 0. The second kappa shape index (κ2) is 8.23. The molecule has 1 aliphatic carbocycles. The Bertz CT molecular complexity index is 606. The van der Waals surface area contributed by atoms with Crippen LogP contribution in [-0.4, -0.2) is 55.7 Å². The molecule has 2 fully saturated rings. The van der Waals surface area contributed by atoms with Gasteiger partial charge in [0.2, 0.25) is 0 Å². The van der Waals surface area contributed by atoms with E-state index in [1.807, 2.05) is 30.0 Å². The van der Waals surface area contributed by atoms with Crippen molar-refractivity contribution in [2.75, 3.05) is 37.7 Å². The molecular formula is C19H27N3O3. The van der Waals surface area contributed by atoms with Gasteiger partial charge in [-0.1, -0.05) is 25.0 Å². The standard InChI is InChI=1S/C19H27N3O3/c1-2-25-18(23)16-9-5-6-10-17(16)21-11-13-22(14-12-21)19(24)20-15-7-3-4-8-15/h5-6,9-10,15H,2-4,7-8,11-14H2,1H3,(H,20,24). The summed E-state index contributed by atoms with van der Waals surface area (Å²) in [4.78, 5) is 28.6. The van der Waals surface area contributed by atoms with Gasteiger partial charge in [-0.3, -0.25) is 0 Å². The molecule has 1 saturated carbocycles. The van der Waals surface area contributed by atoms with E-state index < -0.39 is 0 Å². The van der Waals surface area contributed by atoms with Gasteiger partial charge >= 0.3 is 12.0 Å². The molecule has 1 aromatic rings. The van der Waals surface area contributed by atoms with E-state index in [1.165, 1.54) is 12.8 Å². The molecule has 2 amide bonds. The van der Waals surface area contributed by atoms with Crippen molar-refractivity contribution in [3.8, 4) is 0 Å². The van der Waals surface area contributed by atoms with Crippen LogP contribution in [0.2, 0.25) is 0 Å². The van der Waals surface area contributed by atoms with Gasteiger partial charge in [0.25, 0.3) is 0 Å². The van der Waals surface area contributed by atoms with Gasteiger partial charge in [-0.2, -0.15) is 0 Å². The van der Waals surface area contributed by atoms with Gasteiger partial charge in [0.15, 0.2) is 0 Å². The first-order valence-corrected chi connectivity index (χ1v) is 9.25. The van der Waals surface area contributed by atoms with Crippen molar-refractivity contribution in [2.24, 2.45) is 0 Å². The van der Waals surface area contributed by atoms with E-state index in [0.29, 0.717) is 44.4 Å². The van der Waals surface area contributed by atoms with Gasteiger partial charge in [-0.15, -0.1) is 0 Å². The first-order valence-electron chi connectivity index (χ1n) is 9.25. The molecule has 0 radical (unpaired) electrons. The molecule has 6 heteroatoms. The number of ether oxygens (including phenoxy) is 1. The van der Waals surface area contributed by atoms with E-state index >= 15 is 0 Å². The van der Waals surface area contributed by atoms with Crippen molar-refractivity contribution in [3.63, 3.8) is 0 Å². The summed E-state index contributed by atoms with van der Waals surface area (Å²) in [5.74, 6) is -0.292. The Morgan fingerprint density at radius 3 is 2.48 bits per heavy atom. The number of urea groups is 1. The number of piperazine rings is 1.